The first-order valence-electron chi connectivity index (χ1n) is 8.64. The van der Waals surface area contributed by atoms with Gasteiger partial charge in [-0.05, 0) is 49.2 Å². The Labute approximate surface area is 156 Å². The molecule has 2 N–H and O–H groups in total. The van der Waals surface area contributed by atoms with Crippen molar-refractivity contribution in [2.75, 3.05) is 10.6 Å². The average Bonchev–Trinajstić information content (AvgIpc) is 3.10. The second-order valence-corrected chi connectivity index (χ2v) is 6.36. The van der Waals surface area contributed by atoms with Gasteiger partial charge in [0.15, 0.2) is 0 Å². The molecule has 2 amide bonds. The van der Waals surface area contributed by atoms with E-state index < -0.39 is 0 Å². The number of hydrogen-bond donors (Lipinski definition) is 2. The average molecular weight is 357 g/mol. The molecule has 0 bridgehead atoms. The number of nitrogens with one attached hydrogen (secondary N) is 2. The number of carbonyl (C=O) groups is 1. The van der Waals surface area contributed by atoms with E-state index in [9.17, 15) is 4.79 Å². The molecule has 0 unspecified atom stereocenters. The molecule has 6 heteroatoms. The van der Waals surface area contributed by atoms with Crippen molar-refractivity contribution in [2.45, 2.75) is 13.8 Å². The number of carbonyl (C=O) groups excluding carboxylic acids is 1. The molecule has 6 nitrogen and oxygen atoms in total. The third-order valence-electron chi connectivity index (χ3n) is 4.50. The van der Waals surface area contributed by atoms with Crippen molar-refractivity contribution in [1.29, 1.82) is 0 Å². The Morgan fingerprint density at radius 2 is 1.89 bits per heavy atom. The third-order valence-corrected chi connectivity index (χ3v) is 4.50. The minimum absolute atomic E-state index is 0.280. The lowest BCUT2D eigenvalue weighted by atomic mass is 10.1. The Bertz CT molecular complexity index is 1100. The number of nitrogens with zero attached hydrogens (tertiary/aromatic N) is 3. The summed E-state index contributed by atoms with van der Waals surface area (Å²) in [7, 11) is 0. The van der Waals surface area contributed by atoms with Crippen LogP contribution in [0.25, 0.3) is 17.0 Å². The number of urea groups is 1. The molecule has 0 radical (unpaired) electrons. The summed E-state index contributed by atoms with van der Waals surface area (Å²) in [6, 6.07) is 15.0. The van der Waals surface area contributed by atoms with Crippen LogP contribution in [0, 0.1) is 13.8 Å². The minimum atomic E-state index is -0.280. The summed E-state index contributed by atoms with van der Waals surface area (Å²) in [5.41, 5.74) is 5.39. The van der Waals surface area contributed by atoms with Gasteiger partial charge in [-0.2, -0.15) is 0 Å². The van der Waals surface area contributed by atoms with Crippen molar-refractivity contribution in [2.24, 2.45) is 0 Å². The smallest absolute Gasteiger partial charge is 0.308 e. The third kappa shape index (κ3) is 3.50. The number of rotatable bonds is 3. The first-order chi connectivity index (χ1) is 13.1. The molecule has 0 fully saturated rings. The van der Waals surface area contributed by atoms with Crippen molar-refractivity contribution >= 4 is 23.2 Å². The van der Waals surface area contributed by atoms with E-state index in [0.29, 0.717) is 11.5 Å². The van der Waals surface area contributed by atoms with Crippen LogP contribution in [0.4, 0.5) is 16.2 Å². The SMILES string of the molecule is Cc1cccc(NC(=O)Nc2cccc(-c3cn4cccnc4n3)c2)c1C. The molecule has 0 saturated heterocycles. The molecule has 134 valence electrons. The largest absolute Gasteiger partial charge is 0.323 e. The highest BCUT2D eigenvalue weighted by molar-refractivity contribution is 6.00. The van der Waals surface area contributed by atoms with Gasteiger partial charge in [0.05, 0.1) is 5.69 Å². The lowest BCUT2D eigenvalue weighted by molar-refractivity contribution is 0.262. The van der Waals surface area contributed by atoms with Crippen molar-refractivity contribution in [1.82, 2.24) is 14.4 Å². The van der Waals surface area contributed by atoms with Crippen LogP contribution in [0.2, 0.25) is 0 Å². The van der Waals surface area contributed by atoms with Crippen LogP contribution < -0.4 is 10.6 Å². The fourth-order valence-corrected chi connectivity index (χ4v) is 2.90. The highest BCUT2D eigenvalue weighted by atomic mass is 16.2. The number of imidazole rings is 1. The zero-order valence-electron chi connectivity index (χ0n) is 15.1. The number of aromatic nitrogens is 3. The summed E-state index contributed by atoms with van der Waals surface area (Å²) in [5.74, 6) is 0.638. The number of amides is 2. The van der Waals surface area contributed by atoms with Gasteiger partial charge < -0.3 is 10.6 Å². The standard InChI is InChI=1S/C21H19N5O/c1-14-6-3-9-18(15(14)2)25-21(27)23-17-8-4-7-16(12-17)19-13-26-11-5-10-22-20(26)24-19/h3-13H,1-2H3,(H2,23,25,27). The van der Waals surface area contributed by atoms with Crippen molar-refractivity contribution in [3.8, 4) is 11.3 Å². The Balaban J connectivity index is 1.54. The summed E-state index contributed by atoms with van der Waals surface area (Å²) in [6.45, 7) is 4.01. The van der Waals surface area contributed by atoms with Crippen LogP contribution in [-0.2, 0) is 0 Å². The van der Waals surface area contributed by atoms with E-state index >= 15 is 0 Å². The summed E-state index contributed by atoms with van der Waals surface area (Å²) in [4.78, 5) is 21.1. The summed E-state index contributed by atoms with van der Waals surface area (Å²) >= 11 is 0. The predicted molar refractivity (Wildman–Crippen MR) is 107 cm³/mol. The highest BCUT2D eigenvalue weighted by Gasteiger charge is 2.09. The van der Waals surface area contributed by atoms with Gasteiger partial charge in [-0.25, -0.2) is 14.8 Å². The van der Waals surface area contributed by atoms with E-state index in [4.69, 9.17) is 0 Å². The van der Waals surface area contributed by atoms with Crippen LogP contribution in [-0.4, -0.2) is 20.4 Å². The normalized spacial score (nSPS) is 10.7. The molecular weight excluding hydrogens is 338 g/mol. The molecule has 0 spiro atoms. The maximum Gasteiger partial charge on any atom is 0.323 e. The number of anilines is 2. The van der Waals surface area contributed by atoms with Crippen LogP contribution in [0.15, 0.2) is 67.1 Å². The zero-order valence-corrected chi connectivity index (χ0v) is 15.1. The van der Waals surface area contributed by atoms with Crippen molar-refractivity contribution < 1.29 is 4.79 Å². The quantitative estimate of drug-likeness (QED) is 0.560. The molecule has 2 aromatic carbocycles. The minimum Gasteiger partial charge on any atom is -0.308 e. The van der Waals surface area contributed by atoms with Crippen LogP contribution in [0.1, 0.15) is 11.1 Å². The highest BCUT2D eigenvalue weighted by Crippen LogP contribution is 2.23. The van der Waals surface area contributed by atoms with E-state index in [-0.39, 0.29) is 6.03 Å². The molecule has 0 atom stereocenters. The molecular formula is C21H19N5O. The van der Waals surface area contributed by atoms with E-state index in [1.165, 1.54) is 0 Å². The predicted octanol–water partition coefficient (Wildman–Crippen LogP) is 4.66. The van der Waals surface area contributed by atoms with Crippen LogP contribution in [0.5, 0.6) is 0 Å². The van der Waals surface area contributed by atoms with Crippen LogP contribution in [0.3, 0.4) is 0 Å². The van der Waals surface area contributed by atoms with Crippen molar-refractivity contribution in [3.05, 3.63) is 78.2 Å². The Hall–Kier alpha value is -3.67. The van der Waals surface area contributed by atoms with Gasteiger partial charge in [0.25, 0.3) is 0 Å². The molecule has 0 saturated carbocycles. The van der Waals surface area contributed by atoms with Gasteiger partial charge in [0.1, 0.15) is 0 Å². The first-order valence-corrected chi connectivity index (χ1v) is 8.64. The zero-order chi connectivity index (χ0) is 18.8. The van der Waals surface area contributed by atoms with Gasteiger partial charge in [-0.1, -0.05) is 24.3 Å². The molecule has 2 heterocycles. The Morgan fingerprint density at radius 1 is 1.04 bits per heavy atom. The second-order valence-electron chi connectivity index (χ2n) is 6.36. The molecule has 0 aliphatic heterocycles. The lowest BCUT2D eigenvalue weighted by Gasteiger charge is -2.12. The topological polar surface area (TPSA) is 71.3 Å². The second kappa shape index (κ2) is 6.92. The number of hydrogen-bond acceptors (Lipinski definition) is 3. The molecule has 0 aliphatic carbocycles. The summed E-state index contributed by atoms with van der Waals surface area (Å²) in [6.07, 6.45) is 5.53. The maximum atomic E-state index is 12.4. The molecule has 2 aromatic heterocycles. The van der Waals surface area contributed by atoms with Gasteiger partial charge in [0.2, 0.25) is 5.78 Å². The van der Waals surface area contributed by atoms with Crippen molar-refractivity contribution in [3.63, 3.8) is 0 Å². The van der Waals surface area contributed by atoms with Gasteiger partial charge in [0, 0.05) is 35.5 Å². The monoisotopic (exact) mass is 357 g/mol. The van der Waals surface area contributed by atoms with E-state index in [1.54, 1.807) is 6.20 Å². The summed E-state index contributed by atoms with van der Waals surface area (Å²) in [5, 5.41) is 5.78. The molecule has 27 heavy (non-hydrogen) atoms. The lowest BCUT2D eigenvalue weighted by Crippen LogP contribution is -2.20. The number of benzene rings is 2. The number of fused-ring (bicyclic) bond motifs is 1. The van der Waals surface area contributed by atoms with E-state index in [1.807, 2.05) is 79.2 Å². The molecule has 0 aliphatic rings. The van der Waals surface area contributed by atoms with E-state index in [2.05, 4.69) is 20.6 Å². The first kappa shape index (κ1) is 16.8. The van der Waals surface area contributed by atoms with Gasteiger partial charge in [-0.15, -0.1) is 0 Å². The number of aryl methyl sites for hydroxylation is 1. The summed E-state index contributed by atoms with van der Waals surface area (Å²) < 4.78 is 1.86. The van der Waals surface area contributed by atoms with Gasteiger partial charge >= 0.3 is 6.03 Å². The molecule has 4 aromatic rings. The Kier molecular flexibility index (Phi) is 4.30. The Morgan fingerprint density at radius 3 is 2.74 bits per heavy atom. The van der Waals surface area contributed by atoms with Gasteiger partial charge in [-0.3, -0.25) is 4.40 Å². The molecule has 4 rings (SSSR count). The maximum absolute atomic E-state index is 12.4. The fourth-order valence-electron chi connectivity index (χ4n) is 2.90. The fraction of sp³-hybridized carbons (Fsp3) is 0.0952. The van der Waals surface area contributed by atoms with E-state index in [0.717, 1.165) is 28.1 Å². The van der Waals surface area contributed by atoms with Crippen LogP contribution >= 0.6 is 0 Å².